The summed E-state index contributed by atoms with van der Waals surface area (Å²) in [5, 5.41) is 4.62. The fraction of sp³-hybridized carbons (Fsp3) is 0.167. The van der Waals surface area contributed by atoms with E-state index in [0.29, 0.717) is 6.04 Å². The number of rotatable bonds is 2. The average molecular weight is 275 g/mol. The number of hydrogen-bond donors (Lipinski definition) is 0. The highest BCUT2D eigenvalue weighted by molar-refractivity contribution is 5.64. The van der Waals surface area contributed by atoms with Gasteiger partial charge >= 0.3 is 0 Å². The predicted octanol–water partition coefficient (Wildman–Crippen LogP) is 4.08. The minimum Gasteiger partial charge on any atom is -0.317 e. The minimum absolute atomic E-state index is 0.302. The zero-order valence-corrected chi connectivity index (χ0v) is 12.0. The van der Waals surface area contributed by atoms with Gasteiger partial charge in [0.15, 0.2) is 0 Å². The van der Waals surface area contributed by atoms with Crippen LogP contribution in [0.3, 0.4) is 0 Å². The molecule has 0 N–H and O–H groups in total. The maximum absolute atomic E-state index is 4.62. The Kier molecular flexibility index (Phi) is 2.78. The smallest absolute Gasteiger partial charge is 0.132 e. The summed E-state index contributed by atoms with van der Waals surface area (Å²) in [6, 6.07) is 23.7. The summed E-state index contributed by atoms with van der Waals surface area (Å²) in [5.41, 5.74) is 3.60. The Morgan fingerprint density at radius 1 is 0.952 bits per heavy atom. The van der Waals surface area contributed by atoms with Crippen molar-refractivity contribution in [2.75, 3.05) is 4.90 Å². The lowest BCUT2D eigenvalue weighted by Crippen LogP contribution is -2.19. The molecule has 1 unspecified atom stereocenters. The Balaban J connectivity index is 1.84. The molecule has 0 saturated heterocycles. The highest BCUT2D eigenvalue weighted by Gasteiger charge is 2.32. The molecular weight excluding hydrogens is 258 g/mol. The van der Waals surface area contributed by atoms with Crippen molar-refractivity contribution >= 4 is 11.5 Å². The van der Waals surface area contributed by atoms with Crippen LogP contribution >= 0.6 is 0 Å². The Morgan fingerprint density at radius 3 is 2.33 bits per heavy atom. The summed E-state index contributed by atoms with van der Waals surface area (Å²) in [7, 11) is 0. The van der Waals surface area contributed by atoms with Gasteiger partial charge in [-0.25, -0.2) is 4.68 Å². The summed E-state index contributed by atoms with van der Waals surface area (Å²) < 4.78 is 2.11. The highest BCUT2D eigenvalue weighted by Crippen LogP contribution is 2.41. The molecule has 104 valence electrons. The number of fused-ring (bicyclic) bond motifs is 1. The first kappa shape index (κ1) is 12.2. The fourth-order valence-electron chi connectivity index (χ4n) is 3.10. The molecule has 21 heavy (non-hydrogen) atoms. The third-order valence-electron chi connectivity index (χ3n) is 4.00. The van der Waals surface area contributed by atoms with Gasteiger partial charge in [0.05, 0.1) is 18.3 Å². The first-order valence-electron chi connectivity index (χ1n) is 7.26. The predicted molar refractivity (Wildman–Crippen MR) is 84.7 cm³/mol. The van der Waals surface area contributed by atoms with Crippen molar-refractivity contribution in [1.82, 2.24) is 9.78 Å². The molecule has 1 atom stereocenters. The zero-order chi connectivity index (χ0) is 14.2. The van der Waals surface area contributed by atoms with Gasteiger partial charge in [-0.3, -0.25) is 0 Å². The third-order valence-corrected chi connectivity index (χ3v) is 4.00. The SMILES string of the molecule is Cc1cc2n(n1)CC(c1ccccc1)N2c1ccccc1. The molecule has 3 aromatic rings. The molecule has 1 aliphatic rings. The molecule has 0 radical (unpaired) electrons. The number of aryl methyl sites for hydroxylation is 1. The summed E-state index contributed by atoms with van der Waals surface area (Å²) in [5.74, 6) is 1.17. The highest BCUT2D eigenvalue weighted by atomic mass is 15.4. The second kappa shape index (κ2) is 4.77. The molecule has 0 spiro atoms. The normalized spacial score (nSPS) is 17.0. The van der Waals surface area contributed by atoms with Crippen LogP contribution in [0.4, 0.5) is 11.5 Å². The largest absolute Gasteiger partial charge is 0.317 e. The second-order valence-corrected chi connectivity index (χ2v) is 5.46. The molecule has 0 fully saturated rings. The maximum Gasteiger partial charge on any atom is 0.132 e. The molecule has 2 aromatic carbocycles. The first-order chi connectivity index (χ1) is 10.3. The molecule has 0 amide bonds. The van der Waals surface area contributed by atoms with E-state index in [2.05, 4.69) is 81.4 Å². The Hall–Kier alpha value is -2.55. The standard InChI is InChI=1S/C18H17N3/c1-14-12-18-20(19-14)13-17(15-8-4-2-5-9-15)21(18)16-10-6-3-7-11-16/h2-12,17H,13H2,1H3. The van der Waals surface area contributed by atoms with Crippen LogP contribution in [0.25, 0.3) is 0 Å². The molecule has 1 aromatic heterocycles. The molecule has 0 aliphatic carbocycles. The van der Waals surface area contributed by atoms with Crippen molar-refractivity contribution in [3.63, 3.8) is 0 Å². The van der Waals surface area contributed by atoms with Gasteiger partial charge in [0.25, 0.3) is 0 Å². The van der Waals surface area contributed by atoms with Crippen LogP contribution in [-0.2, 0) is 6.54 Å². The van der Waals surface area contributed by atoms with Crippen LogP contribution in [-0.4, -0.2) is 9.78 Å². The molecule has 1 aliphatic heterocycles. The maximum atomic E-state index is 4.62. The van der Waals surface area contributed by atoms with E-state index in [1.807, 2.05) is 6.92 Å². The lowest BCUT2D eigenvalue weighted by atomic mass is 10.1. The number of benzene rings is 2. The molecular formula is C18H17N3. The van der Waals surface area contributed by atoms with Crippen LogP contribution in [0.15, 0.2) is 66.7 Å². The Bertz CT molecular complexity index is 747. The van der Waals surface area contributed by atoms with E-state index in [4.69, 9.17) is 0 Å². The summed E-state index contributed by atoms with van der Waals surface area (Å²) >= 11 is 0. The first-order valence-corrected chi connectivity index (χ1v) is 7.26. The molecule has 3 nitrogen and oxygen atoms in total. The lowest BCUT2D eigenvalue weighted by Gasteiger charge is -2.26. The zero-order valence-electron chi connectivity index (χ0n) is 12.0. The van der Waals surface area contributed by atoms with Gasteiger partial charge in [0, 0.05) is 11.8 Å². The van der Waals surface area contributed by atoms with Gasteiger partial charge in [-0.1, -0.05) is 48.5 Å². The van der Waals surface area contributed by atoms with E-state index < -0.39 is 0 Å². The average Bonchev–Trinajstić information content (AvgIpc) is 3.05. The van der Waals surface area contributed by atoms with Crippen LogP contribution in [0.1, 0.15) is 17.3 Å². The molecule has 0 saturated carbocycles. The molecule has 4 rings (SSSR count). The topological polar surface area (TPSA) is 21.1 Å². The number of aromatic nitrogens is 2. The van der Waals surface area contributed by atoms with Crippen molar-refractivity contribution in [2.45, 2.75) is 19.5 Å². The minimum atomic E-state index is 0.302. The van der Waals surface area contributed by atoms with Gasteiger partial charge in [0.2, 0.25) is 0 Å². The number of para-hydroxylation sites is 1. The van der Waals surface area contributed by atoms with Crippen molar-refractivity contribution in [3.05, 3.63) is 78.0 Å². The summed E-state index contributed by atoms with van der Waals surface area (Å²) in [4.78, 5) is 2.38. The van der Waals surface area contributed by atoms with Gasteiger partial charge in [-0.2, -0.15) is 5.10 Å². The Morgan fingerprint density at radius 2 is 1.62 bits per heavy atom. The van der Waals surface area contributed by atoms with Gasteiger partial charge in [-0.15, -0.1) is 0 Å². The van der Waals surface area contributed by atoms with E-state index in [-0.39, 0.29) is 0 Å². The van der Waals surface area contributed by atoms with E-state index in [9.17, 15) is 0 Å². The van der Waals surface area contributed by atoms with E-state index in [0.717, 1.165) is 12.2 Å². The van der Waals surface area contributed by atoms with Crippen molar-refractivity contribution in [3.8, 4) is 0 Å². The molecule has 2 heterocycles. The van der Waals surface area contributed by atoms with E-state index in [1.165, 1.54) is 17.1 Å². The van der Waals surface area contributed by atoms with Crippen LogP contribution in [0.5, 0.6) is 0 Å². The molecule has 3 heteroatoms. The third kappa shape index (κ3) is 2.02. The summed E-state index contributed by atoms with van der Waals surface area (Å²) in [6.45, 7) is 2.94. The van der Waals surface area contributed by atoms with Crippen molar-refractivity contribution in [1.29, 1.82) is 0 Å². The van der Waals surface area contributed by atoms with Gasteiger partial charge in [0.1, 0.15) is 5.82 Å². The van der Waals surface area contributed by atoms with Crippen LogP contribution < -0.4 is 4.90 Å². The van der Waals surface area contributed by atoms with E-state index >= 15 is 0 Å². The Labute approximate surface area is 124 Å². The quantitative estimate of drug-likeness (QED) is 0.702. The fourth-order valence-corrected chi connectivity index (χ4v) is 3.10. The van der Waals surface area contributed by atoms with Crippen molar-refractivity contribution < 1.29 is 0 Å². The number of anilines is 2. The monoisotopic (exact) mass is 275 g/mol. The van der Waals surface area contributed by atoms with Crippen LogP contribution in [0, 0.1) is 6.92 Å². The second-order valence-electron chi connectivity index (χ2n) is 5.46. The number of nitrogens with zero attached hydrogens (tertiary/aromatic N) is 3. The van der Waals surface area contributed by atoms with Gasteiger partial charge in [-0.05, 0) is 24.6 Å². The van der Waals surface area contributed by atoms with Crippen LogP contribution in [0.2, 0.25) is 0 Å². The van der Waals surface area contributed by atoms with E-state index in [1.54, 1.807) is 0 Å². The van der Waals surface area contributed by atoms with Gasteiger partial charge < -0.3 is 4.90 Å². The number of hydrogen-bond acceptors (Lipinski definition) is 2. The lowest BCUT2D eigenvalue weighted by molar-refractivity contribution is 0.594. The van der Waals surface area contributed by atoms with Crippen molar-refractivity contribution in [2.24, 2.45) is 0 Å². The summed E-state index contributed by atoms with van der Waals surface area (Å²) in [6.07, 6.45) is 0. The molecule has 0 bridgehead atoms.